The molecule has 264 valence electrons. The van der Waals surface area contributed by atoms with Gasteiger partial charge in [-0.2, -0.15) is 0 Å². The first kappa shape index (κ1) is 35.1. The number of ether oxygens (including phenoxy) is 3. The molecule has 3 saturated heterocycles. The molecule has 1 unspecified atom stereocenters. The molecule has 3 aromatic carbocycles. The summed E-state index contributed by atoms with van der Waals surface area (Å²) in [5.41, 5.74) is 3.00. The van der Waals surface area contributed by atoms with Crippen molar-refractivity contribution in [1.29, 1.82) is 0 Å². The number of amides is 1. The van der Waals surface area contributed by atoms with E-state index in [-0.39, 0.29) is 18.3 Å². The molecule has 0 saturated carbocycles. The molecule has 11 heteroatoms. The number of H-pyrrole nitrogens is 1. The number of unbranched alkanes of at least 4 members (excludes halogenated alkanes) is 2. The van der Waals surface area contributed by atoms with Crippen LogP contribution in [0, 0.1) is 5.92 Å². The van der Waals surface area contributed by atoms with Crippen molar-refractivity contribution in [2.24, 2.45) is 5.92 Å². The fourth-order valence-electron chi connectivity index (χ4n) is 6.87. The molecule has 3 aliphatic heterocycles. The van der Waals surface area contributed by atoms with Crippen molar-refractivity contribution in [2.75, 3.05) is 45.9 Å². The van der Waals surface area contributed by atoms with Crippen LogP contribution >= 0.6 is 0 Å². The maximum absolute atomic E-state index is 13.1. The summed E-state index contributed by atoms with van der Waals surface area (Å²) in [5.74, 6) is 0.461. The van der Waals surface area contributed by atoms with Gasteiger partial charge in [0.1, 0.15) is 11.9 Å². The Morgan fingerprint density at radius 3 is 2.52 bits per heavy atom. The van der Waals surface area contributed by atoms with Crippen LogP contribution < -0.4 is 20.9 Å². The number of pyridine rings is 1. The Labute approximate surface area is 291 Å². The second-order valence-corrected chi connectivity index (χ2v) is 13.1. The highest BCUT2D eigenvalue weighted by Gasteiger charge is 2.37. The summed E-state index contributed by atoms with van der Waals surface area (Å²) in [4.78, 5) is 42.3. The lowest BCUT2D eigenvalue weighted by Gasteiger charge is -2.43. The van der Waals surface area contributed by atoms with Crippen molar-refractivity contribution in [3.8, 4) is 5.75 Å². The van der Waals surface area contributed by atoms with Gasteiger partial charge in [0, 0.05) is 30.1 Å². The number of alkyl carbamates (subject to hydrolysis) is 1. The average molecular weight is 683 g/mol. The van der Waals surface area contributed by atoms with Crippen LogP contribution in [-0.4, -0.2) is 79.1 Å². The van der Waals surface area contributed by atoms with Gasteiger partial charge in [-0.15, -0.1) is 0 Å². The molecular formula is C39H46N4O7. The number of aliphatic hydroxyl groups is 1. The lowest BCUT2D eigenvalue weighted by Crippen LogP contribution is -2.52. The van der Waals surface area contributed by atoms with Gasteiger partial charge in [-0.05, 0) is 98.6 Å². The molecule has 0 spiro atoms. The number of carbonyl (C=O) groups excluding carboxylic acids is 2. The van der Waals surface area contributed by atoms with Crippen molar-refractivity contribution < 1.29 is 28.9 Å². The normalized spacial score (nSPS) is 19.4. The molecule has 3 fully saturated rings. The Balaban J connectivity index is 0.902. The largest absolute Gasteiger partial charge is 0.482 e. The Kier molecular flexibility index (Phi) is 12.1. The van der Waals surface area contributed by atoms with Crippen LogP contribution in [0.5, 0.6) is 5.75 Å². The standard InChI is InChI=1S/C39H46N4O7/c44-34(32-13-8-14-33-31(32)15-16-36(45)41-33)24-40-19-5-2-6-22-48-37(46)26-49-30-12-7-11-29(23-30)38(28-9-3-1-4-10-28)42-39(47)50-35-25-43-20-17-27(35)18-21-43/h1,3-4,7-16,23,27,34-35,38,40,44H,2,5-6,17-22,24-26H2,(H,41,45)(H,42,47)/t34-,35-,38?/m0/s1. The first-order valence-corrected chi connectivity index (χ1v) is 17.6. The van der Waals surface area contributed by atoms with Crippen LogP contribution in [0.2, 0.25) is 0 Å². The molecule has 1 aromatic heterocycles. The number of aromatic nitrogens is 1. The van der Waals surface area contributed by atoms with E-state index in [0.29, 0.717) is 43.3 Å². The summed E-state index contributed by atoms with van der Waals surface area (Å²) in [6.07, 6.45) is 3.30. The summed E-state index contributed by atoms with van der Waals surface area (Å²) < 4.78 is 17.1. The zero-order valence-corrected chi connectivity index (χ0v) is 28.2. The van der Waals surface area contributed by atoms with E-state index in [1.165, 1.54) is 6.07 Å². The third kappa shape index (κ3) is 9.50. The zero-order valence-electron chi connectivity index (χ0n) is 28.2. The van der Waals surface area contributed by atoms with Crippen molar-refractivity contribution in [1.82, 2.24) is 20.5 Å². The Morgan fingerprint density at radius 2 is 1.72 bits per heavy atom. The highest BCUT2D eigenvalue weighted by atomic mass is 16.6. The predicted molar refractivity (Wildman–Crippen MR) is 190 cm³/mol. The van der Waals surface area contributed by atoms with E-state index < -0.39 is 24.2 Å². The average Bonchev–Trinajstić information content (AvgIpc) is 3.14. The number of aromatic amines is 1. The maximum Gasteiger partial charge on any atom is 0.408 e. The van der Waals surface area contributed by atoms with Crippen LogP contribution in [0.3, 0.4) is 0 Å². The third-order valence-corrected chi connectivity index (χ3v) is 9.55. The van der Waals surface area contributed by atoms with Gasteiger partial charge in [0.05, 0.1) is 18.8 Å². The number of nitrogens with zero attached hydrogens (tertiary/aromatic N) is 1. The molecule has 11 nitrogen and oxygen atoms in total. The minimum Gasteiger partial charge on any atom is -0.482 e. The molecule has 4 aromatic rings. The Hall–Kier alpha value is -4.71. The number of esters is 1. The number of hydrogen-bond donors (Lipinski definition) is 4. The molecule has 7 rings (SSSR count). The molecular weight excluding hydrogens is 636 g/mol. The number of nitrogens with one attached hydrogen (secondary N) is 3. The summed E-state index contributed by atoms with van der Waals surface area (Å²) >= 11 is 0. The van der Waals surface area contributed by atoms with E-state index in [0.717, 1.165) is 67.4 Å². The summed E-state index contributed by atoms with van der Waals surface area (Å²) in [6.45, 7) is 4.10. The minimum absolute atomic E-state index is 0.0952. The molecule has 0 aliphatic carbocycles. The molecule has 4 N–H and O–H groups in total. The first-order valence-electron chi connectivity index (χ1n) is 17.6. The fraction of sp³-hybridized carbons (Fsp3) is 0.410. The zero-order chi connectivity index (χ0) is 34.7. The van der Waals surface area contributed by atoms with Crippen molar-refractivity contribution in [2.45, 2.75) is 50.4 Å². The number of carbonyl (C=O) groups is 2. The predicted octanol–water partition coefficient (Wildman–Crippen LogP) is 4.85. The molecule has 3 aliphatic rings. The van der Waals surface area contributed by atoms with Crippen LogP contribution in [0.15, 0.2) is 89.7 Å². The maximum atomic E-state index is 13.1. The SMILES string of the molecule is O=C(COc1cccc(C(NC(=O)O[C@H]2CN3CCC2CC3)c2ccccc2)c1)OCCCCCNC[C@H](O)c1cccc2[nH]c(=O)ccc12. The van der Waals surface area contributed by atoms with Crippen LogP contribution in [0.1, 0.15) is 60.9 Å². The van der Waals surface area contributed by atoms with Crippen LogP contribution in [0.25, 0.3) is 10.9 Å². The number of aliphatic hydroxyl groups excluding tert-OH is 1. The van der Waals surface area contributed by atoms with Gasteiger partial charge in [-0.1, -0.05) is 54.6 Å². The van der Waals surface area contributed by atoms with Gasteiger partial charge >= 0.3 is 12.1 Å². The highest BCUT2D eigenvalue weighted by Crippen LogP contribution is 2.31. The van der Waals surface area contributed by atoms with Gasteiger partial charge in [0.2, 0.25) is 5.56 Å². The Morgan fingerprint density at radius 1 is 0.920 bits per heavy atom. The van der Waals surface area contributed by atoms with Gasteiger partial charge < -0.3 is 34.9 Å². The van der Waals surface area contributed by atoms with Gasteiger partial charge in [0.25, 0.3) is 0 Å². The van der Waals surface area contributed by atoms with E-state index >= 15 is 0 Å². The molecule has 50 heavy (non-hydrogen) atoms. The van der Waals surface area contributed by atoms with Gasteiger partial charge in [-0.25, -0.2) is 9.59 Å². The Bertz CT molecular complexity index is 1770. The summed E-state index contributed by atoms with van der Waals surface area (Å²) in [6, 6.07) is 25.3. The smallest absolute Gasteiger partial charge is 0.408 e. The molecule has 2 bridgehead atoms. The van der Waals surface area contributed by atoms with E-state index in [1.807, 2.05) is 66.7 Å². The third-order valence-electron chi connectivity index (χ3n) is 9.55. The number of rotatable bonds is 16. The molecule has 3 atom stereocenters. The summed E-state index contributed by atoms with van der Waals surface area (Å²) in [7, 11) is 0. The van der Waals surface area contributed by atoms with Crippen molar-refractivity contribution in [3.05, 3.63) is 112 Å². The lowest BCUT2D eigenvalue weighted by molar-refractivity contribution is -0.146. The van der Waals surface area contributed by atoms with E-state index in [2.05, 4.69) is 20.5 Å². The molecule has 1 amide bonds. The van der Waals surface area contributed by atoms with E-state index in [1.54, 1.807) is 12.1 Å². The number of fused-ring (bicyclic) bond motifs is 4. The van der Waals surface area contributed by atoms with E-state index in [4.69, 9.17) is 14.2 Å². The minimum atomic E-state index is -0.705. The second kappa shape index (κ2) is 17.3. The van der Waals surface area contributed by atoms with Crippen LogP contribution in [-0.2, 0) is 14.3 Å². The van der Waals surface area contributed by atoms with Crippen molar-refractivity contribution in [3.63, 3.8) is 0 Å². The van der Waals surface area contributed by atoms with E-state index in [9.17, 15) is 19.5 Å². The van der Waals surface area contributed by atoms with Gasteiger partial charge in [0.15, 0.2) is 6.61 Å². The van der Waals surface area contributed by atoms with Crippen LogP contribution in [0.4, 0.5) is 4.79 Å². The molecule has 4 heterocycles. The topological polar surface area (TPSA) is 142 Å². The number of piperidine rings is 3. The fourth-order valence-corrected chi connectivity index (χ4v) is 6.87. The lowest BCUT2D eigenvalue weighted by atomic mass is 9.86. The van der Waals surface area contributed by atoms with Gasteiger partial charge in [-0.3, -0.25) is 9.69 Å². The monoisotopic (exact) mass is 682 g/mol. The molecule has 0 radical (unpaired) electrons. The second-order valence-electron chi connectivity index (χ2n) is 13.1. The first-order chi connectivity index (χ1) is 24.4. The number of hydrogen-bond acceptors (Lipinski definition) is 9. The quantitative estimate of drug-likeness (QED) is 0.0964. The summed E-state index contributed by atoms with van der Waals surface area (Å²) in [5, 5.41) is 17.8. The number of benzene rings is 3. The van der Waals surface area contributed by atoms with Crippen molar-refractivity contribution >= 4 is 23.0 Å². The highest BCUT2D eigenvalue weighted by molar-refractivity contribution is 5.82.